The van der Waals surface area contributed by atoms with Crippen molar-refractivity contribution < 1.29 is 14.3 Å². The summed E-state index contributed by atoms with van der Waals surface area (Å²) in [7, 11) is 0. The molecule has 0 aliphatic rings. The number of benzene rings is 2. The van der Waals surface area contributed by atoms with Crippen molar-refractivity contribution in [2.45, 2.75) is 26.6 Å². The van der Waals surface area contributed by atoms with Crippen molar-refractivity contribution >= 4 is 28.7 Å². The van der Waals surface area contributed by atoms with Gasteiger partial charge in [0.2, 0.25) is 0 Å². The lowest BCUT2D eigenvalue weighted by atomic mass is 10.2. The summed E-state index contributed by atoms with van der Waals surface area (Å²) in [6.45, 7) is 3.73. The van der Waals surface area contributed by atoms with Crippen LogP contribution in [0.2, 0.25) is 5.15 Å². The van der Waals surface area contributed by atoms with Gasteiger partial charge in [-0.3, -0.25) is 0 Å². The molecule has 152 valence electrons. The SMILES string of the molecule is CC(C)OC(=O)n1c(COc2ccccc2)cc2c(Cl)nc(-c3ccccc3)nc21. The van der Waals surface area contributed by atoms with E-state index in [4.69, 9.17) is 21.1 Å². The van der Waals surface area contributed by atoms with Crippen molar-refractivity contribution in [3.05, 3.63) is 77.6 Å². The van der Waals surface area contributed by atoms with Crippen molar-refractivity contribution in [2.24, 2.45) is 0 Å². The van der Waals surface area contributed by atoms with Crippen LogP contribution >= 0.6 is 11.6 Å². The Labute approximate surface area is 179 Å². The summed E-state index contributed by atoms with van der Waals surface area (Å²) in [5.74, 6) is 1.12. The van der Waals surface area contributed by atoms with E-state index in [2.05, 4.69) is 9.97 Å². The third-order valence-corrected chi connectivity index (χ3v) is 4.66. The van der Waals surface area contributed by atoms with E-state index >= 15 is 0 Å². The third kappa shape index (κ3) is 4.14. The van der Waals surface area contributed by atoms with Crippen LogP contribution in [-0.4, -0.2) is 26.7 Å². The molecule has 7 heteroatoms. The Morgan fingerprint density at radius 2 is 1.70 bits per heavy atom. The minimum absolute atomic E-state index is 0.143. The fourth-order valence-electron chi connectivity index (χ4n) is 3.05. The van der Waals surface area contributed by atoms with Crippen molar-refractivity contribution in [3.8, 4) is 17.1 Å². The molecule has 30 heavy (non-hydrogen) atoms. The van der Waals surface area contributed by atoms with Gasteiger partial charge in [-0.05, 0) is 32.0 Å². The molecule has 0 amide bonds. The molecule has 0 N–H and O–H groups in total. The van der Waals surface area contributed by atoms with Crippen LogP contribution < -0.4 is 4.74 Å². The van der Waals surface area contributed by atoms with Gasteiger partial charge >= 0.3 is 6.09 Å². The van der Waals surface area contributed by atoms with Gasteiger partial charge in [-0.25, -0.2) is 19.3 Å². The van der Waals surface area contributed by atoms with E-state index < -0.39 is 6.09 Å². The lowest BCUT2D eigenvalue weighted by molar-refractivity contribution is 0.116. The quantitative estimate of drug-likeness (QED) is 0.385. The molecule has 2 heterocycles. The number of nitrogens with zero attached hydrogens (tertiary/aromatic N) is 3. The number of para-hydroxylation sites is 1. The molecule has 0 atom stereocenters. The molecule has 0 spiro atoms. The van der Waals surface area contributed by atoms with Crippen molar-refractivity contribution in [1.82, 2.24) is 14.5 Å². The minimum atomic E-state index is -0.541. The van der Waals surface area contributed by atoms with E-state index in [1.54, 1.807) is 19.9 Å². The number of carbonyl (C=O) groups is 1. The molecule has 0 fully saturated rings. The second kappa shape index (κ2) is 8.55. The first-order valence-electron chi connectivity index (χ1n) is 9.55. The highest BCUT2D eigenvalue weighted by molar-refractivity contribution is 6.34. The third-order valence-electron chi connectivity index (χ3n) is 4.37. The number of hydrogen-bond acceptors (Lipinski definition) is 5. The van der Waals surface area contributed by atoms with Gasteiger partial charge in [0.25, 0.3) is 0 Å². The topological polar surface area (TPSA) is 66.2 Å². The molecule has 0 saturated carbocycles. The maximum absolute atomic E-state index is 12.9. The summed E-state index contributed by atoms with van der Waals surface area (Å²) in [4.78, 5) is 21.9. The molecule has 0 unspecified atom stereocenters. The highest BCUT2D eigenvalue weighted by atomic mass is 35.5. The number of rotatable bonds is 5. The lowest BCUT2D eigenvalue weighted by Crippen LogP contribution is -2.21. The summed E-state index contributed by atoms with van der Waals surface area (Å²) in [6, 6.07) is 20.6. The Morgan fingerprint density at radius 1 is 1.03 bits per heavy atom. The predicted octanol–water partition coefficient (Wildman–Crippen LogP) is 5.72. The second-order valence-electron chi connectivity index (χ2n) is 6.95. The van der Waals surface area contributed by atoms with Crippen LogP contribution in [0.4, 0.5) is 4.79 Å². The molecule has 2 aromatic carbocycles. The maximum atomic E-state index is 12.9. The normalized spacial score (nSPS) is 11.1. The van der Waals surface area contributed by atoms with Crippen molar-refractivity contribution in [3.63, 3.8) is 0 Å². The molecule has 6 nitrogen and oxygen atoms in total. The standard InChI is InChI=1S/C23H20ClN3O3/c1-15(2)30-23(28)27-17(14-29-18-11-7-4-8-12-18)13-19-20(24)25-21(26-22(19)27)16-9-5-3-6-10-16/h3-13,15H,14H2,1-2H3. The van der Waals surface area contributed by atoms with Crippen LogP contribution in [-0.2, 0) is 11.3 Å². The zero-order valence-electron chi connectivity index (χ0n) is 16.6. The van der Waals surface area contributed by atoms with Crippen LogP contribution in [0.3, 0.4) is 0 Å². The van der Waals surface area contributed by atoms with Gasteiger partial charge in [-0.2, -0.15) is 0 Å². The second-order valence-corrected chi connectivity index (χ2v) is 7.30. The average molecular weight is 422 g/mol. The Morgan fingerprint density at radius 3 is 2.37 bits per heavy atom. The largest absolute Gasteiger partial charge is 0.487 e. The molecule has 2 aromatic heterocycles. The Balaban J connectivity index is 1.81. The first kappa shape index (κ1) is 19.9. The summed E-state index contributed by atoms with van der Waals surface area (Å²) in [5, 5.41) is 0.819. The Hall–Kier alpha value is -3.38. The zero-order valence-corrected chi connectivity index (χ0v) is 17.3. The van der Waals surface area contributed by atoms with Gasteiger partial charge in [-0.1, -0.05) is 60.1 Å². The number of carbonyl (C=O) groups excluding carboxylic acids is 1. The van der Waals surface area contributed by atoms with Gasteiger partial charge in [0.05, 0.1) is 17.2 Å². The van der Waals surface area contributed by atoms with Gasteiger partial charge < -0.3 is 9.47 Å². The van der Waals surface area contributed by atoms with Gasteiger partial charge in [-0.15, -0.1) is 0 Å². The molecule has 0 aliphatic heterocycles. The van der Waals surface area contributed by atoms with E-state index in [1.165, 1.54) is 4.57 Å². The highest BCUT2D eigenvalue weighted by Gasteiger charge is 2.22. The predicted molar refractivity (Wildman–Crippen MR) is 116 cm³/mol. The van der Waals surface area contributed by atoms with Crippen LogP contribution in [0.1, 0.15) is 19.5 Å². The molecule has 0 radical (unpaired) electrons. The van der Waals surface area contributed by atoms with E-state index in [1.807, 2.05) is 60.7 Å². The monoisotopic (exact) mass is 421 g/mol. The Kier molecular flexibility index (Phi) is 5.68. The number of fused-ring (bicyclic) bond motifs is 1. The molecule has 4 rings (SSSR count). The van der Waals surface area contributed by atoms with Gasteiger partial charge in [0.1, 0.15) is 17.5 Å². The van der Waals surface area contributed by atoms with Gasteiger partial charge in [0, 0.05) is 5.56 Å². The molecule has 4 aromatic rings. The number of ether oxygens (including phenoxy) is 2. The van der Waals surface area contributed by atoms with E-state index in [9.17, 15) is 4.79 Å². The zero-order chi connectivity index (χ0) is 21.1. The number of aromatic nitrogens is 3. The van der Waals surface area contributed by atoms with E-state index in [0.29, 0.717) is 28.3 Å². The Bertz CT molecular complexity index is 1170. The first-order chi connectivity index (χ1) is 14.5. The van der Waals surface area contributed by atoms with Crippen LogP contribution in [0.15, 0.2) is 66.7 Å². The van der Waals surface area contributed by atoms with Crippen LogP contribution in [0, 0.1) is 0 Å². The van der Waals surface area contributed by atoms with Gasteiger partial charge in [0.15, 0.2) is 11.5 Å². The van der Waals surface area contributed by atoms with Crippen LogP contribution in [0.5, 0.6) is 5.75 Å². The molecular formula is C23H20ClN3O3. The highest BCUT2D eigenvalue weighted by Crippen LogP contribution is 2.29. The smallest absolute Gasteiger partial charge is 0.420 e. The summed E-state index contributed by atoms with van der Waals surface area (Å²) >= 11 is 6.47. The maximum Gasteiger partial charge on any atom is 0.420 e. The number of hydrogen-bond donors (Lipinski definition) is 0. The van der Waals surface area contributed by atoms with E-state index in [-0.39, 0.29) is 17.9 Å². The van der Waals surface area contributed by atoms with Crippen molar-refractivity contribution in [1.29, 1.82) is 0 Å². The molecular weight excluding hydrogens is 402 g/mol. The fraction of sp³-hybridized carbons (Fsp3) is 0.174. The minimum Gasteiger partial charge on any atom is -0.487 e. The molecule has 0 bridgehead atoms. The summed E-state index contributed by atoms with van der Waals surface area (Å²) in [6.07, 6.45) is -0.829. The molecule has 0 aliphatic carbocycles. The first-order valence-corrected chi connectivity index (χ1v) is 9.93. The van der Waals surface area contributed by atoms with E-state index in [0.717, 1.165) is 5.56 Å². The lowest BCUT2D eigenvalue weighted by Gasteiger charge is -2.13. The average Bonchev–Trinajstić information content (AvgIpc) is 3.12. The fourth-order valence-corrected chi connectivity index (χ4v) is 3.27. The van der Waals surface area contributed by atoms with Crippen molar-refractivity contribution in [2.75, 3.05) is 0 Å². The number of halogens is 1. The molecule has 0 saturated heterocycles. The van der Waals surface area contributed by atoms with Crippen LogP contribution in [0.25, 0.3) is 22.4 Å². The summed E-state index contributed by atoms with van der Waals surface area (Å²) in [5.41, 5.74) is 1.75. The summed E-state index contributed by atoms with van der Waals surface area (Å²) < 4.78 is 12.7.